The maximum Gasteiger partial charge on any atom is 0.243 e. The number of likely N-dealkylation sites (N-methyl/N-ethyl adjacent to an activating group) is 1. The molecule has 1 aromatic rings. The summed E-state index contributed by atoms with van der Waals surface area (Å²) >= 11 is 0. The average molecular weight is 433 g/mol. The van der Waals surface area contributed by atoms with Crippen molar-refractivity contribution in [3.05, 3.63) is 24.8 Å². The van der Waals surface area contributed by atoms with E-state index in [-0.39, 0.29) is 42.5 Å². The van der Waals surface area contributed by atoms with Gasteiger partial charge in [0.05, 0.1) is 6.54 Å². The summed E-state index contributed by atoms with van der Waals surface area (Å²) in [5.41, 5.74) is 0. The molecule has 0 bridgehead atoms. The number of halogens is 1. The van der Waals surface area contributed by atoms with Crippen molar-refractivity contribution in [3.8, 4) is 0 Å². The first-order valence-electron chi connectivity index (χ1n) is 7.32. The molecule has 0 saturated heterocycles. The second-order valence-electron chi connectivity index (χ2n) is 5.36. The molecule has 128 valence electrons. The van der Waals surface area contributed by atoms with Gasteiger partial charge in [-0.3, -0.25) is 4.79 Å². The molecule has 0 saturated carbocycles. The van der Waals surface area contributed by atoms with Crippen LogP contribution in [0.3, 0.4) is 0 Å². The molecular weight excluding hydrogens is 409 g/mol. The van der Waals surface area contributed by atoms with Crippen LogP contribution in [-0.2, 0) is 17.8 Å². The zero-order valence-corrected chi connectivity index (χ0v) is 15.9. The fourth-order valence-corrected chi connectivity index (χ4v) is 2.16. The number of hydrogen-bond donors (Lipinski definition) is 2. The molecule has 0 radical (unpaired) electrons. The Morgan fingerprint density at radius 3 is 3.09 bits per heavy atom. The maximum atomic E-state index is 11.7. The SMILES string of the molecule is C=CCNC(=NCC(=O)N(C)C)NC1CCc2ncnn2C1.I. The molecule has 0 spiro atoms. The van der Waals surface area contributed by atoms with Crippen LogP contribution in [0.15, 0.2) is 24.0 Å². The predicted octanol–water partition coefficient (Wildman–Crippen LogP) is 0.0203. The van der Waals surface area contributed by atoms with E-state index < -0.39 is 0 Å². The maximum absolute atomic E-state index is 11.7. The molecule has 2 N–H and O–H groups in total. The molecule has 0 fully saturated rings. The number of carbonyl (C=O) groups excluding carboxylic acids is 1. The van der Waals surface area contributed by atoms with E-state index in [1.807, 2.05) is 4.68 Å². The Kier molecular flexibility index (Phi) is 8.00. The normalized spacial score (nSPS) is 16.8. The number of fused-ring (bicyclic) bond motifs is 1. The lowest BCUT2D eigenvalue weighted by molar-refractivity contribution is -0.127. The van der Waals surface area contributed by atoms with E-state index in [9.17, 15) is 4.79 Å². The Hall–Kier alpha value is -1.65. The first-order chi connectivity index (χ1) is 10.6. The smallest absolute Gasteiger partial charge is 0.243 e. The van der Waals surface area contributed by atoms with Crippen LogP contribution in [0.2, 0.25) is 0 Å². The average Bonchev–Trinajstić information content (AvgIpc) is 2.97. The summed E-state index contributed by atoms with van der Waals surface area (Å²) in [5.74, 6) is 1.59. The molecule has 2 heterocycles. The van der Waals surface area contributed by atoms with Crippen molar-refractivity contribution in [2.45, 2.75) is 25.4 Å². The molecule has 1 aliphatic heterocycles. The summed E-state index contributed by atoms with van der Waals surface area (Å²) in [4.78, 5) is 21.7. The zero-order valence-electron chi connectivity index (χ0n) is 13.5. The second-order valence-corrected chi connectivity index (χ2v) is 5.36. The van der Waals surface area contributed by atoms with Gasteiger partial charge < -0.3 is 15.5 Å². The number of aryl methyl sites for hydroxylation is 1. The molecule has 1 aromatic heterocycles. The lowest BCUT2D eigenvalue weighted by Crippen LogP contribution is -2.47. The van der Waals surface area contributed by atoms with Gasteiger partial charge in [-0.2, -0.15) is 5.10 Å². The highest BCUT2D eigenvalue weighted by Gasteiger charge is 2.20. The number of carbonyl (C=O) groups is 1. The van der Waals surface area contributed by atoms with Crippen LogP contribution < -0.4 is 10.6 Å². The van der Waals surface area contributed by atoms with Crippen LogP contribution in [0.5, 0.6) is 0 Å². The number of guanidine groups is 1. The Morgan fingerprint density at radius 1 is 1.61 bits per heavy atom. The van der Waals surface area contributed by atoms with Crippen LogP contribution in [-0.4, -0.2) is 64.8 Å². The summed E-state index contributed by atoms with van der Waals surface area (Å²) in [6, 6.07) is 0.208. The van der Waals surface area contributed by atoms with E-state index >= 15 is 0 Å². The van der Waals surface area contributed by atoms with Crippen molar-refractivity contribution in [2.24, 2.45) is 4.99 Å². The van der Waals surface area contributed by atoms with E-state index in [1.165, 1.54) is 4.90 Å². The fourth-order valence-electron chi connectivity index (χ4n) is 2.16. The van der Waals surface area contributed by atoms with E-state index in [0.29, 0.717) is 12.5 Å². The van der Waals surface area contributed by atoms with Gasteiger partial charge >= 0.3 is 0 Å². The third-order valence-electron chi connectivity index (χ3n) is 3.43. The molecular formula is C14H24IN7O. The molecule has 1 aliphatic rings. The highest BCUT2D eigenvalue weighted by molar-refractivity contribution is 14.0. The van der Waals surface area contributed by atoms with Gasteiger partial charge in [0.1, 0.15) is 18.7 Å². The van der Waals surface area contributed by atoms with Gasteiger partial charge in [-0.05, 0) is 6.42 Å². The van der Waals surface area contributed by atoms with E-state index in [1.54, 1.807) is 26.5 Å². The summed E-state index contributed by atoms with van der Waals surface area (Å²) in [7, 11) is 3.44. The van der Waals surface area contributed by atoms with Crippen molar-refractivity contribution < 1.29 is 4.79 Å². The molecule has 23 heavy (non-hydrogen) atoms. The number of aliphatic imine (C=N–C) groups is 1. The number of aromatic nitrogens is 3. The highest BCUT2D eigenvalue weighted by atomic mass is 127. The number of hydrogen-bond acceptors (Lipinski definition) is 4. The summed E-state index contributed by atoms with van der Waals surface area (Å²) in [6.07, 6.45) is 5.16. The summed E-state index contributed by atoms with van der Waals surface area (Å²) in [5, 5.41) is 10.7. The molecule has 0 aliphatic carbocycles. The van der Waals surface area contributed by atoms with Crippen molar-refractivity contribution >= 4 is 35.8 Å². The molecule has 9 heteroatoms. The summed E-state index contributed by atoms with van der Waals surface area (Å²) in [6.45, 7) is 5.12. The Balaban J connectivity index is 0.00000264. The topological polar surface area (TPSA) is 87.4 Å². The number of amides is 1. The highest BCUT2D eigenvalue weighted by Crippen LogP contribution is 2.11. The van der Waals surface area contributed by atoms with Gasteiger partial charge in [-0.15, -0.1) is 30.6 Å². The van der Waals surface area contributed by atoms with Crippen LogP contribution in [0.1, 0.15) is 12.2 Å². The Morgan fingerprint density at radius 2 is 2.39 bits per heavy atom. The molecule has 0 aromatic carbocycles. The van der Waals surface area contributed by atoms with E-state index in [4.69, 9.17) is 0 Å². The van der Waals surface area contributed by atoms with Gasteiger partial charge in [-0.25, -0.2) is 14.7 Å². The first kappa shape index (κ1) is 19.4. The summed E-state index contributed by atoms with van der Waals surface area (Å²) < 4.78 is 1.90. The quantitative estimate of drug-likeness (QED) is 0.296. The zero-order chi connectivity index (χ0) is 15.9. The third kappa shape index (κ3) is 5.81. The molecule has 2 rings (SSSR count). The van der Waals surface area contributed by atoms with Crippen molar-refractivity contribution in [3.63, 3.8) is 0 Å². The molecule has 1 amide bonds. The lowest BCUT2D eigenvalue weighted by Gasteiger charge is -2.25. The number of nitrogens with one attached hydrogen (secondary N) is 2. The van der Waals surface area contributed by atoms with Gasteiger partial charge in [0.15, 0.2) is 5.96 Å². The van der Waals surface area contributed by atoms with Crippen molar-refractivity contribution in [2.75, 3.05) is 27.2 Å². The number of rotatable bonds is 5. The Labute approximate surface area is 153 Å². The molecule has 8 nitrogen and oxygen atoms in total. The molecule has 1 unspecified atom stereocenters. The van der Waals surface area contributed by atoms with Crippen LogP contribution in [0.4, 0.5) is 0 Å². The largest absolute Gasteiger partial charge is 0.353 e. The minimum atomic E-state index is -0.0399. The van der Waals surface area contributed by atoms with Crippen LogP contribution in [0, 0.1) is 0 Å². The third-order valence-corrected chi connectivity index (χ3v) is 3.43. The van der Waals surface area contributed by atoms with Gasteiger partial charge in [0.2, 0.25) is 5.91 Å². The van der Waals surface area contributed by atoms with Crippen LogP contribution in [0.25, 0.3) is 0 Å². The second kappa shape index (κ2) is 9.48. The van der Waals surface area contributed by atoms with Crippen molar-refractivity contribution in [1.29, 1.82) is 0 Å². The van der Waals surface area contributed by atoms with E-state index in [0.717, 1.165) is 25.2 Å². The Bertz CT molecular complexity index is 555. The van der Waals surface area contributed by atoms with E-state index in [2.05, 4.69) is 32.3 Å². The predicted molar refractivity (Wildman–Crippen MR) is 99.9 cm³/mol. The van der Waals surface area contributed by atoms with Gasteiger partial charge in [0, 0.05) is 33.1 Å². The molecule has 1 atom stereocenters. The van der Waals surface area contributed by atoms with Gasteiger partial charge in [0.25, 0.3) is 0 Å². The standard InChI is InChI=1S/C14H23N7O.HI/c1-4-7-15-14(16-8-13(22)20(2)3)19-11-5-6-12-17-10-18-21(12)9-11;/h4,10-11H,1,5-9H2,2-3H3,(H2,15,16,19);1H. The van der Waals surface area contributed by atoms with Crippen LogP contribution >= 0.6 is 24.0 Å². The lowest BCUT2D eigenvalue weighted by atomic mass is 10.1. The monoisotopic (exact) mass is 433 g/mol. The van der Waals surface area contributed by atoms with Crippen molar-refractivity contribution in [1.82, 2.24) is 30.3 Å². The minimum absolute atomic E-state index is 0. The van der Waals surface area contributed by atoms with Gasteiger partial charge in [-0.1, -0.05) is 6.08 Å². The fraction of sp³-hybridized carbons (Fsp3) is 0.571. The minimum Gasteiger partial charge on any atom is -0.353 e. The number of nitrogens with zero attached hydrogens (tertiary/aromatic N) is 5. The first-order valence-corrected chi connectivity index (χ1v) is 7.32.